The van der Waals surface area contributed by atoms with Crippen molar-refractivity contribution in [3.8, 4) is 17.2 Å². The fourth-order valence-electron chi connectivity index (χ4n) is 3.66. The van der Waals surface area contributed by atoms with Crippen LogP contribution in [0.3, 0.4) is 0 Å². The number of ether oxygens (including phenoxy) is 4. The van der Waals surface area contributed by atoms with Gasteiger partial charge in [-0.15, -0.1) is 0 Å². The van der Waals surface area contributed by atoms with Crippen LogP contribution in [-0.2, 0) is 20.9 Å². The van der Waals surface area contributed by atoms with E-state index >= 15 is 0 Å². The van der Waals surface area contributed by atoms with Crippen LogP contribution < -0.4 is 14.2 Å². The van der Waals surface area contributed by atoms with E-state index in [1.165, 1.54) is 46.4 Å². The smallest absolute Gasteiger partial charge is 0.331 e. The van der Waals surface area contributed by atoms with Crippen molar-refractivity contribution in [2.24, 2.45) is 0 Å². The van der Waals surface area contributed by atoms with Gasteiger partial charge in [-0.1, -0.05) is 36.4 Å². The van der Waals surface area contributed by atoms with Gasteiger partial charge in [-0.2, -0.15) is 0 Å². The van der Waals surface area contributed by atoms with Crippen LogP contribution in [-0.4, -0.2) is 55.2 Å². The van der Waals surface area contributed by atoms with Crippen LogP contribution in [0.25, 0.3) is 0 Å². The highest BCUT2D eigenvalue weighted by Gasteiger charge is 2.36. The monoisotopic (exact) mass is 507 g/mol. The molecule has 0 aliphatic carbocycles. The zero-order chi connectivity index (χ0) is 26.9. The molecule has 3 aromatic rings. The van der Waals surface area contributed by atoms with Crippen LogP contribution in [0.2, 0.25) is 0 Å². The van der Waals surface area contributed by atoms with Gasteiger partial charge in [0, 0.05) is 19.5 Å². The summed E-state index contributed by atoms with van der Waals surface area (Å²) in [5, 5.41) is 11.2. The minimum atomic E-state index is -1.50. The van der Waals surface area contributed by atoms with Crippen LogP contribution in [0.4, 0.5) is 0 Å². The molecule has 0 saturated carbocycles. The van der Waals surface area contributed by atoms with Crippen molar-refractivity contribution in [2.75, 3.05) is 21.3 Å². The molecular weight excluding hydrogens is 478 g/mol. The highest BCUT2D eigenvalue weighted by molar-refractivity contribution is 5.97. The minimum absolute atomic E-state index is 0.0627. The summed E-state index contributed by atoms with van der Waals surface area (Å²) in [6.45, 7) is 1.46. The summed E-state index contributed by atoms with van der Waals surface area (Å²) in [5.41, 5.74) is 1.41. The van der Waals surface area contributed by atoms with Crippen molar-refractivity contribution in [2.45, 2.75) is 25.7 Å². The van der Waals surface area contributed by atoms with Crippen molar-refractivity contribution in [3.63, 3.8) is 0 Å². The molecule has 0 aromatic heterocycles. The lowest BCUT2D eigenvalue weighted by atomic mass is 9.99. The first-order valence-corrected chi connectivity index (χ1v) is 11.4. The Labute approximate surface area is 215 Å². The molecule has 0 aliphatic heterocycles. The molecule has 3 rings (SSSR count). The number of likely N-dealkylation sites (N-methyl/N-ethyl adjacent to an activating group) is 1. The number of methoxy groups -OCH3 is 2. The maximum absolute atomic E-state index is 13.1. The first-order chi connectivity index (χ1) is 17.7. The summed E-state index contributed by atoms with van der Waals surface area (Å²) in [6, 6.07) is 18.8. The average molecular weight is 508 g/mol. The van der Waals surface area contributed by atoms with E-state index in [4.69, 9.17) is 18.9 Å². The third-order valence-electron chi connectivity index (χ3n) is 5.62. The number of nitrogens with zero attached hydrogens (tertiary/aromatic N) is 1. The van der Waals surface area contributed by atoms with Crippen LogP contribution in [0.5, 0.6) is 17.2 Å². The molecule has 0 heterocycles. The van der Waals surface area contributed by atoms with E-state index in [2.05, 4.69) is 0 Å². The Hall–Kier alpha value is -4.37. The van der Waals surface area contributed by atoms with Gasteiger partial charge < -0.3 is 29.0 Å². The molecule has 9 nitrogen and oxygen atoms in total. The second-order valence-electron chi connectivity index (χ2n) is 8.13. The topological polar surface area (TPSA) is 112 Å². The molecule has 37 heavy (non-hydrogen) atoms. The SMILES string of the molecule is COC(=O)[C@H]([C@H](O)c1ccc(OCc2ccccc2)c(OC(C)=O)c1)N(C)C(=O)c1ccc(OC)cc1. The lowest BCUT2D eigenvalue weighted by Crippen LogP contribution is -2.46. The summed E-state index contributed by atoms with van der Waals surface area (Å²) in [6.07, 6.45) is -1.50. The molecule has 0 aliphatic rings. The van der Waals surface area contributed by atoms with Crippen LogP contribution >= 0.6 is 0 Å². The van der Waals surface area contributed by atoms with Gasteiger partial charge in [-0.25, -0.2) is 4.79 Å². The third-order valence-corrected chi connectivity index (χ3v) is 5.62. The first-order valence-electron chi connectivity index (χ1n) is 11.4. The van der Waals surface area contributed by atoms with E-state index < -0.39 is 30.0 Å². The Bertz CT molecular complexity index is 1230. The summed E-state index contributed by atoms with van der Waals surface area (Å²) in [4.78, 5) is 38.6. The largest absolute Gasteiger partial charge is 0.497 e. The lowest BCUT2D eigenvalue weighted by Gasteiger charge is -2.30. The Kier molecular flexibility index (Phi) is 9.23. The highest BCUT2D eigenvalue weighted by Crippen LogP contribution is 2.33. The summed E-state index contributed by atoms with van der Waals surface area (Å²) in [5.74, 6) is -1.03. The Morgan fingerprint density at radius 2 is 1.59 bits per heavy atom. The maximum Gasteiger partial charge on any atom is 0.331 e. The second kappa shape index (κ2) is 12.5. The second-order valence-corrected chi connectivity index (χ2v) is 8.13. The van der Waals surface area contributed by atoms with Crippen LogP contribution in [0.1, 0.15) is 34.5 Å². The molecule has 0 fully saturated rings. The predicted octanol–water partition coefficient (Wildman–Crippen LogP) is 3.55. The molecule has 0 saturated heterocycles. The molecule has 0 unspecified atom stereocenters. The van der Waals surface area contributed by atoms with E-state index in [-0.39, 0.29) is 29.2 Å². The van der Waals surface area contributed by atoms with E-state index in [1.807, 2.05) is 30.3 Å². The standard InChI is InChI=1S/C28H29NO8/c1-18(30)37-24-16-21(12-15-23(24)36-17-19-8-6-5-7-9-19)26(31)25(28(33)35-4)29(2)27(32)20-10-13-22(34-3)14-11-20/h5-16,25-26,31H,17H2,1-4H3/t25-,26+/m0/s1. The molecule has 0 bridgehead atoms. The molecule has 1 N–H and O–H groups in total. The van der Waals surface area contributed by atoms with E-state index in [9.17, 15) is 19.5 Å². The van der Waals surface area contributed by atoms with Crippen molar-refractivity contribution < 1.29 is 38.4 Å². The lowest BCUT2D eigenvalue weighted by molar-refractivity contribution is -0.150. The van der Waals surface area contributed by atoms with Gasteiger partial charge in [0.15, 0.2) is 17.5 Å². The van der Waals surface area contributed by atoms with E-state index in [0.717, 1.165) is 10.5 Å². The summed E-state index contributed by atoms with van der Waals surface area (Å²) >= 11 is 0. The molecule has 9 heteroatoms. The number of rotatable bonds is 10. The minimum Gasteiger partial charge on any atom is -0.497 e. The fraction of sp³-hybridized carbons (Fsp3) is 0.250. The number of hydrogen-bond acceptors (Lipinski definition) is 8. The van der Waals surface area contributed by atoms with Gasteiger partial charge in [-0.05, 0) is 47.5 Å². The average Bonchev–Trinajstić information content (AvgIpc) is 2.92. The molecule has 0 spiro atoms. The summed E-state index contributed by atoms with van der Waals surface area (Å²) in [7, 11) is 4.06. The van der Waals surface area contributed by atoms with E-state index in [0.29, 0.717) is 5.75 Å². The number of hydrogen-bond donors (Lipinski definition) is 1. The quantitative estimate of drug-likeness (QED) is 0.328. The van der Waals surface area contributed by atoms with Crippen molar-refractivity contribution >= 4 is 17.8 Å². The number of aliphatic hydroxyl groups excluding tert-OH is 1. The molecule has 194 valence electrons. The third kappa shape index (κ3) is 6.86. The number of carbonyl (C=O) groups is 3. The van der Waals surface area contributed by atoms with Gasteiger partial charge in [0.1, 0.15) is 18.5 Å². The number of aliphatic hydroxyl groups is 1. The predicted molar refractivity (Wildman–Crippen MR) is 134 cm³/mol. The molecular formula is C28H29NO8. The van der Waals surface area contributed by atoms with Gasteiger partial charge >= 0.3 is 11.9 Å². The number of amides is 1. The maximum atomic E-state index is 13.1. The number of esters is 2. The van der Waals surface area contributed by atoms with Crippen LogP contribution in [0, 0.1) is 0 Å². The zero-order valence-corrected chi connectivity index (χ0v) is 21.0. The van der Waals surface area contributed by atoms with Crippen molar-refractivity contribution in [1.82, 2.24) is 4.90 Å². The normalized spacial score (nSPS) is 12.1. The Balaban J connectivity index is 1.89. The van der Waals surface area contributed by atoms with Crippen LogP contribution in [0.15, 0.2) is 72.8 Å². The van der Waals surface area contributed by atoms with Crippen molar-refractivity contribution in [1.29, 1.82) is 0 Å². The molecule has 0 radical (unpaired) electrons. The number of benzene rings is 3. The molecule has 3 aromatic carbocycles. The fourth-order valence-corrected chi connectivity index (χ4v) is 3.66. The highest BCUT2D eigenvalue weighted by atomic mass is 16.6. The van der Waals surface area contributed by atoms with Gasteiger partial charge in [0.25, 0.3) is 5.91 Å². The van der Waals surface area contributed by atoms with Crippen molar-refractivity contribution in [3.05, 3.63) is 89.5 Å². The Morgan fingerprint density at radius 3 is 2.19 bits per heavy atom. The first kappa shape index (κ1) is 27.2. The summed E-state index contributed by atoms with van der Waals surface area (Å²) < 4.78 is 21.1. The van der Waals surface area contributed by atoms with E-state index in [1.54, 1.807) is 24.3 Å². The molecule has 1 amide bonds. The number of carbonyl (C=O) groups excluding carboxylic acids is 3. The Morgan fingerprint density at radius 1 is 0.919 bits per heavy atom. The zero-order valence-electron chi connectivity index (χ0n) is 21.0. The van der Waals surface area contributed by atoms with Gasteiger partial charge in [0.2, 0.25) is 0 Å². The molecule has 2 atom stereocenters. The van der Waals surface area contributed by atoms with Gasteiger partial charge in [0.05, 0.1) is 14.2 Å². The van der Waals surface area contributed by atoms with Gasteiger partial charge in [-0.3, -0.25) is 9.59 Å².